The second-order valence-electron chi connectivity index (χ2n) is 5.25. The van der Waals surface area contributed by atoms with Crippen LogP contribution < -0.4 is 4.74 Å². The van der Waals surface area contributed by atoms with E-state index in [1.807, 2.05) is 17.9 Å². The number of ether oxygens (including phenoxy) is 1. The number of carbonyl (C=O) groups excluding carboxylic acids is 1. The van der Waals surface area contributed by atoms with Crippen LogP contribution in [-0.4, -0.2) is 28.4 Å². The molecule has 1 amide bonds. The first-order valence-electron chi connectivity index (χ1n) is 6.93. The molecule has 0 saturated heterocycles. The first-order chi connectivity index (χ1) is 9.72. The van der Waals surface area contributed by atoms with E-state index < -0.39 is 0 Å². The Morgan fingerprint density at radius 3 is 3.05 bits per heavy atom. The number of pyridine rings is 1. The first kappa shape index (κ1) is 13.1. The normalized spacial score (nSPS) is 18.4. The van der Waals surface area contributed by atoms with Crippen LogP contribution in [0.4, 0.5) is 4.39 Å². The lowest BCUT2D eigenvalue weighted by atomic mass is 10.2. The molecule has 1 aromatic heterocycles. The SMILES string of the molecule is CC/C(=C/F)COc1cnc2c(c1)CN(C1CC1)C2=O. The molecule has 0 spiro atoms. The van der Waals surface area contributed by atoms with Crippen LogP contribution in [0.5, 0.6) is 5.75 Å². The summed E-state index contributed by atoms with van der Waals surface area (Å²) in [5, 5.41) is 0. The van der Waals surface area contributed by atoms with Gasteiger partial charge in [0.1, 0.15) is 18.1 Å². The number of fused-ring (bicyclic) bond motifs is 1. The number of hydrogen-bond donors (Lipinski definition) is 0. The van der Waals surface area contributed by atoms with Gasteiger partial charge in [0.2, 0.25) is 0 Å². The number of halogens is 1. The highest BCUT2D eigenvalue weighted by Crippen LogP contribution is 2.34. The van der Waals surface area contributed by atoms with E-state index in [-0.39, 0.29) is 12.5 Å². The Morgan fingerprint density at radius 1 is 1.60 bits per heavy atom. The number of carbonyl (C=O) groups is 1. The molecule has 1 saturated carbocycles. The minimum absolute atomic E-state index is 0.0203. The van der Waals surface area contributed by atoms with E-state index in [2.05, 4.69) is 4.98 Å². The molecule has 5 heteroatoms. The van der Waals surface area contributed by atoms with Crippen molar-refractivity contribution >= 4 is 5.91 Å². The minimum Gasteiger partial charge on any atom is -0.488 e. The summed E-state index contributed by atoms with van der Waals surface area (Å²) in [6.45, 7) is 2.71. The fourth-order valence-corrected chi connectivity index (χ4v) is 2.34. The zero-order valence-corrected chi connectivity index (χ0v) is 11.4. The van der Waals surface area contributed by atoms with Crippen LogP contribution >= 0.6 is 0 Å². The van der Waals surface area contributed by atoms with Crippen molar-refractivity contribution in [3.8, 4) is 5.75 Å². The average Bonchev–Trinajstić information content (AvgIpc) is 3.25. The van der Waals surface area contributed by atoms with Gasteiger partial charge in [-0.15, -0.1) is 0 Å². The van der Waals surface area contributed by atoms with Crippen LogP contribution in [0.3, 0.4) is 0 Å². The molecule has 4 nitrogen and oxygen atoms in total. The Hall–Kier alpha value is -1.91. The Kier molecular flexibility index (Phi) is 3.42. The zero-order valence-electron chi connectivity index (χ0n) is 11.4. The van der Waals surface area contributed by atoms with Crippen LogP contribution in [0.2, 0.25) is 0 Å². The topological polar surface area (TPSA) is 42.4 Å². The van der Waals surface area contributed by atoms with Crippen LogP contribution in [0.25, 0.3) is 0 Å². The van der Waals surface area contributed by atoms with Gasteiger partial charge in [-0.3, -0.25) is 4.79 Å². The molecular weight excluding hydrogens is 259 g/mol. The zero-order chi connectivity index (χ0) is 14.1. The Bertz CT molecular complexity index is 567. The molecule has 20 heavy (non-hydrogen) atoms. The van der Waals surface area contributed by atoms with Crippen LogP contribution in [0.15, 0.2) is 24.2 Å². The molecule has 0 aromatic carbocycles. The summed E-state index contributed by atoms with van der Waals surface area (Å²) in [6.07, 6.45) is 4.91. The van der Waals surface area contributed by atoms with Crippen molar-refractivity contribution in [2.75, 3.05) is 6.61 Å². The van der Waals surface area contributed by atoms with E-state index in [9.17, 15) is 9.18 Å². The molecule has 1 fully saturated rings. The Balaban J connectivity index is 1.71. The number of amides is 1. The van der Waals surface area contributed by atoms with Gasteiger partial charge in [-0.1, -0.05) is 6.92 Å². The van der Waals surface area contributed by atoms with E-state index in [0.29, 0.717) is 42.4 Å². The largest absolute Gasteiger partial charge is 0.488 e. The summed E-state index contributed by atoms with van der Waals surface area (Å²) in [7, 11) is 0. The molecule has 0 N–H and O–H groups in total. The smallest absolute Gasteiger partial charge is 0.273 e. The van der Waals surface area contributed by atoms with E-state index >= 15 is 0 Å². The summed E-state index contributed by atoms with van der Waals surface area (Å²) < 4.78 is 18.0. The maximum atomic E-state index is 12.5. The molecule has 0 radical (unpaired) electrons. The van der Waals surface area contributed by atoms with E-state index in [0.717, 1.165) is 18.4 Å². The van der Waals surface area contributed by atoms with E-state index in [1.54, 1.807) is 6.20 Å². The van der Waals surface area contributed by atoms with E-state index in [1.165, 1.54) is 0 Å². The summed E-state index contributed by atoms with van der Waals surface area (Å²) in [5.41, 5.74) is 2.03. The summed E-state index contributed by atoms with van der Waals surface area (Å²) >= 11 is 0. The molecule has 1 aliphatic heterocycles. The van der Waals surface area contributed by atoms with Crippen molar-refractivity contribution in [1.82, 2.24) is 9.88 Å². The van der Waals surface area contributed by atoms with Gasteiger partial charge in [0.15, 0.2) is 0 Å². The average molecular weight is 276 g/mol. The maximum Gasteiger partial charge on any atom is 0.273 e. The third-order valence-electron chi connectivity index (χ3n) is 3.77. The van der Waals surface area contributed by atoms with Gasteiger partial charge in [0.25, 0.3) is 5.91 Å². The van der Waals surface area contributed by atoms with Gasteiger partial charge in [-0.05, 0) is 30.9 Å². The van der Waals surface area contributed by atoms with Crippen molar-refractivity contribution < 1.29 is 13.9 Å². The van der Waals surface area contributed by atoms with Crippen molar-refractivity contribution in [3.63, 3.8) is 0 Å². The van der Waals surface area contributed by atoms with Gasteiger partial charge in [0, 0.05) is 18.2 Å². The molecule has 2 heterocycles. The number of rotatable bonds is 5. The Labute approximate surface area is 117 Å². The summed E-state index contributed by atoms with van der Waals surface area (Å²) in [6, 6.07) is 2.23. The molecule has 1 aromatic rings. The highest BCUT2D eigenvalue weighted by molar-refractivity contribution is 5.96. The summed E-state index contributed by atoms with van der Waals surface area (Å²) in [4.78, 5) is 18.2. The molecule has 2 aliphatic rings. The lowest BCUT2D eigenvalue weighted by Gasteiger charge is -2.12. The van der Waals surface area contributed by atoms with Crippen molar-refractivity contribution in [2.24, 2.45) is 0 Å². The molecule has 3 rings (SSSR count). The van der Waals surface area contributed by atoms with Crippen molar-refractivity contribution in [1.29, 1.82) is 0 Å². The van der Waals surface area contributed by atoms with Crippen molar-refractivity contribution in [2.45, 2.75) is 38.8 Å². The highest BCUT2D eigenvalue weighted by Gasteiger charge is 2.39. The third kappa shape index (κ3) is 2.40. The molecule has 0 atom stereocenters. The van der Waals surface area contributed by atoms with Gasteiger partial charge in [-0.2, -0.15) is 0 Å². The van der Waals surface area contributed by atoms with Gasteiger partial charge < -0.3 is 9.64 Å². The number of hydrogen-bond acceptors (Lipinski definition) is 3. The minimum atomic E-state index is 0.0203. The first-order valence-corrected chi connectivity index (χ1v) is 6.93. The fourth-order valence-electron chi connectivity index (χ4n) is 2.34. The van der Waals surface area contributed by atoms with Crippen LogP contribution in [0, 0.1) is 0 Å². The predicted molar refractivity (Wildman–Crippen MR) is 72.1 cm³/mol. The van der Waals surface area contributed by atoms with Crippen molar-refractivity contribution in [3.05, 3.63) is 35.4 Å². The quantitative estimate of drug-likeness (QED) is 0.830. The Morgan fingerprint density at radius 2 is 2.40 bits per heavy atom. The van der Waals surface area contributed by atoms with Gasteiger partial charge >= 0.3 is 0 Å². The molecule has 106 valence electrons. The monoisotopic (exact) mass is 276 g/mol. The molecular formula is C15H17FN2O2. The van der Waals surface area contributed by atoms with Crippen LogP contribution in [-0.2, 0) is 6.54 Å². The lowest BCUT2D eigenvalue weighted by Crippen LogP contribution is -2.26. The van der Waals surface area contributed by atoms with Crippen LogP contribution in [0.1, 0.15) is 42.2 Å². The lowest BCUT2D eigenvalue weighted by molar-refractivity contribution is 0.0762. The van der Waals surface area contributed by atoms with Gasteiger partial charge in [-0.25, -0.2) is 9.37 Å². The number of aromatic nitrogens is 1. The molecule has 0 bridgehead atoms. The number of nitrogens with zero attached hydrogens (tertiary/aromatic N) is 2. The fraction of sp³-hybridized carbons (Fsp3) is 0.467. The molecule has 1 aliphatic carbocycles. The standard InChI is InChI=1S/C15H17FN2O2/c1-2-10(6-16)9-20-13-5-11-8-18(12-3-4-12)15(19)14(11)17-7-13/h5-7,12H,2-4,8-9H2,1H3/b10-6-. The highest BCUT2D eigenvalue weighted by atomic mass is 19.1. The van der Waals surface area contributed by atoms with E-state index in [4.69, 9.17) is 4.74 Å². The predicted octanol–water partition coefficient (Wildman–Crippen LogP) is 2.84. The molecule has 0 unspecified atom stereocenters. The summed E-state index contributed by atoms with van der Waals surface area (Å²) in [5.74, 6) is 0.606. The second kappa shape index (κ2) is 5.23. The third-order valence-corrected chi connectivity index (χ3v) is 3.77. The maximum absolute atomic E-state index is 12.5. The van der Waals surface area contributed by atoms with Gasteiger partial charge in [0.05, 0.1) is 12.5 Å². The second-order valence-corrected chi connectivity index (χ2v) is 5.25.